The molecule has 31 heavy (non-hydrogen) atoms. The number of fused-ring (bicyclic) bond motifs is 2. The van der Waals surface area contributed by atoms with Gasteiger partial charge in [-0.05, 0) is 64.4 Å². The Balaban J connectivity index is 1.59. The van der Waals surface area contributed by atoms with Gasteiger partial charge in [0.15, 0.2) is 0 Å². The van der Waals surface area contributed by atoms with Gasteiger partial charge in [-0.1, -0.05) is 60.2 Å². The zero-order chi connectivity index (χ0) is 21.2. The molecule has 0 atom stereocenters. The molecule has 1 aliphatic rings. The predicted octanol–water partition coefficient (Wildman–Crippen LogP) is 5.35. The second-order valence-corrected chi connectivity index (χ2v) is 7.75. The highest BCUT2D eigenvalue weighted by Crippen LogP contribution is 2.36. The number of aromatic amines is 1. The van der Waals surface area contributed by atoms with Crippen molar-refractivity contribution in [3.63, 3.8) is 0 Å². The maximum absolute atomic E-state index is 11.4. The summed E-state index contributed by atoms with van der Waals surface area (Å²) in [7, 11) is 1.38. The number of carbonyl (C=O) groups is 1. The van der Waals surface area contributed by atoms with Gasteiger partial charge in [-0.3, -0.25) is 5.10 Å². The van der Waals surface area contributed by atoms with E-state index in [1.54, 1.807) is 6.08 Å². The minimum Gasteiger partial charge on any atom is -0.466 e. The number of nitrogens with one attached hydrogen (secondary N) is 1. The summed E-state index contributed by atoms with van der Waals surface area (Å²) < 4.78 is 4.68. The first kappa shape index (κ1) is 19.1. The highest BCUT2D eigenvalue weighted by atomic mass is 16.5. The maximum Gasteiger partial charge on any atom is 0.330 e. The fourth-order valence-electron chi connectivity index (χ4n) is 4.27. The first-order chi connectivity index (χ1) is 15.2. The maximum atomic E-state index is 11.4. The smallest absolute Gasteiger partial charge is 0.330 e. The molecule has 1 heterocycles. The molecule has 0 spiro atoms. The number of H-pyrrole nitrogens is 1. The van der Waals surface area contributed by atoms with Crippen LogP contribution in [0, 0.1) is 0 Å². The lowest BCUT2D eigenvalue weighted by Gasteiger charge is -2.14. The van der Waals surface area contributed by atoms with Crippen molar-refractivity contribution in [1.82, 2.24) is 10.2 Å². The van der Waals surface area contributed by atoms with Crippen molar-refractivity contribution >= 4 is 28.5 Å². The van der Waals surface area contributed by atoms with E-state index in [1.807, 2.05) is 18.3 Å². The van der Waals surface area contributed by atoms with E-state index >= 15 is 0 Å². The van der Waals surface area contributed by atoms with E-state index in [4.69, 9.17) is 0 Å². The number of esters is 1. The summed E-state index contributed by atoms with van der Waals surface area (Å²) in [5.74, 6) is -0.357. The van der Waals surface area contributed by atoms with Crippen molar-refractivity contribution in [2.45, 2.75) is 12.8 Å². The van der Waals surface area contributed by atoms with E-state index in [0.717, 1.165) is 29.3 Å². The molecule has 4 heteroatoms. The van der Waals surface area contributed by atoms with Crippen molar-refractivity contribution in [2.75, 3.05) is 7.11 Å². The van der Waals surface area contributed by atoms with Gasteiger partial charge < -0.3 is 4.74 Å². The highest BCUT2D eigenvalue weighted by molar-refractivity contribution is 5.90. The Morgan fingerprint density at radius 3 is 2.39 bits per heavy atom. The van der Waals surface area contributed by atoms with Crippen LogP contribution in [0.5, 0.6) is 0 Å². The molecule has 1 aliphatic carbocycles. The van der Waals surface area contributed by atoms with E-state index in [2.05, 4.69) is 69.5 Å². The largest absolute Gasteiger partial charge is 0.466 e. The third-order valence-corrected chi connectivity index (χ3v) is 5.82. The van der Waals surface area contributed by atoms with Crippen LogP contribution in [0.2, 0.25) is 0 Å². The molecule has 152 valence electrons. The summed E-state index contributed by atoms with van der Waals surface area (Å²) in [4.78, 5) is 11.4. The molecule has 0 fully saturated rings. The molecule has 0 saturated carbocycles. The zero-order valence-corrected chi connectivity index (χ0v) is 17.3. The van der Waals surface area contributed by atoms with Gasteiger partial charge in [-0.15, -0.1) is 0 Å². The molecule has 0 radical (unpaired) electrons. The Hall–Kier alpha value is -3.92. The highest BCUT2D eigenvalue weighted by Gasteiger charge is 2.20. The summed E-state index contributed by atoms with van der Waals surface area (Å²) in [6, 6.07) is 23.5. The van der Waals surface area contributed by atoms with Crippen LogP contribution in [0.1, 0.15) is 27.8 Å². The Labute approximate surface area is 180 Å². The number of nitrogens with zero attached hydrogens (tertiary/aromatic N) is 1. The van der Waals surface area contributed by atoms with E-state index < -0.39 is 0 Å². The first-order valence-electron chi connectivity index (χ1n) is 10.3. The molecule has 4 nitrogen and oxygen atoms in total. The van der Waals surface area contributed by atoms with Gasteiger partial charge in [0.1, 0.15) is 0 Å². The van der Waals surface area contributed by atoms with E-state index in [1.165, 1.54) is 46.6 Å². The number of ether oxygens (including phenoxy) is 1. The van der Waals surface area contributed by atoms with Crippen LogP contribution in [0.3, 0.4) is 0 Å². The van der Waals surface area contributed by atoms with Gasteiger partial charge in [-0.2, -0.15) is 5.10 Å². The Kier molecular flexibility index (Phi) is 4.97. The fraction of sp³-hybridized carbons (Fsp3) is 0.111. The molecule has 0 bridgehead atoms. The second-order valence-electron chi connectivity index (χ2n) is 7.75. The summed E-state index contributed by atoms with van der Waals surface area (Å²) in [6.45, 7) is 0. The summed E-state index contributed by atoms with van der Waals surface area (Å²) >= 11 is 0. The van der Waals surface area contributed by atoms with Crippen molar-refractivity contribution in [2.24, 2.45) is 0 Å². The third kappa shape index (κ3) is 3.80. The van der Waals surface area contributed by atoms with Gasteiger partial charge in [-0.25, -0.2) is 4.79 Å². The lowest BCUT2D eigenvalue weighted by molar-refractivity contribution is -0.134. The molecule has 5 rings (SSSR count). The fourth-order valence-corrected chi connectivity index (χ4v) is 4.27. The molecule has 0 amide bonds. The number of carbonyl (C=O) groups excluding carboxylic acids is 1. The normalized spacial score (nSPS) is 13.0. The van der Waals surface area contributed by atoms with Crippen molar-refractivity contribution in [3.05, 3.63) is 112 Å². The van der Waals surface area contributed by atoms with Crippen molar-refractivity contribution < 1.29 is 9.53 Å². The Morgan fingerprint density at radius 2 is 1.68 bits per heavy atom. The molecule has 0 saturated heterocycles. The van der Waals surface area contributed by atoms with E-state index in [-0.39, 0.29) is 5.97 Å². The summed E-state index contributed by atoms with van der Waals surface area (Å²) in [5.41, 5.74) is 9.83. The van der Waals surface area contributed by atoms with Crippen LogP contribution in [0.25, 0.3) is 22.6 Å². The molecule has 4 aromatic rings. The van der Waals surface area contributed by atoms with Crippen molar-refractivity contribution in [3.8, 4) is 0 Å². The van der Waals surface area contributed by atoms with Gasteiger partial charge in [0.25, 0.3) is 0 Å². The minimum atomic E-state index is -0.357. The molecule has 1 N–H and O–H groups in total. The third-order valence-electron chi connectivity index (χ3n) is 5.82. The van der Waals surface area contributed by atoms with Crippen molar-refractivity contribution in [1.29, 1.82) is 0 Å². The second kappa shape index (κ2) is 8.07. The van der Waals surface area contributed by atoms with E-state index in [0.29, 0.717) is 0 Å². The van der Waals surface area contributed by atoms with Crippen LogP contribution in [0.4, 0.5) is 0 Å². The number of allylic oxidation sites excluding steroid dienone is 1. The molecule has 1 aromatic heterocycles. The number of aromatic nitrogens is 2. The molecule has 0 unspecified atom stereocenters. The van der Waals surface area contributed by atoms with Crippen LogP contribution < -0.4 is 0 Å². The molecular weight excluding hydrogens is 384 g/mol. The number of benzene rings is 3. The number of rotatable bonds is 4. The van der Waals surface area contributed by atoms with Crippen LogP contribution >= 0.6 is 0 Å². The first-order valence-corrected chi connectivity index (χ1v) is 10.3. The summed E-state index contributed by atoms with van der Waals surface area (Å²) in [5, 5.41) is 8.31. The lowest BCUT2D eigenvalue weighted by atomic mass is 9.90. The predicted molar refractivity (Wildman–Crippen MR) is 123 cm³/mol. The topological polar surface area (TPSA) is 55.0 Å². The van der Waals surface area contributed by atoms with Gasteiger partial charge in [0, 0.05) is 11.5 Å². The van der Waals surface area contributed by atoms with Gasteiger partial charge in [0.05, 0.1) is 18.8 Å². The molecule has 3 aromatic carbocycles. The van der Waals surface area contributed by atoms with Gasteiger partial charge >= 0.3 is 5.97 Å². The standard InChI is InChI=1S/C27H22N2O2/c1-31-26(30)13-8-18-6-9-19(10-7-18)27(22-11-12-25-24(16-22)17-28-29-25)23-14-20-4-2-3-5-21(20)15-23/h2-13,16-17H,14-15H2,1H3,(H,28,29)/b13-8+. The molecular formula is C27H22N2O2. The molecule has 0 aliphatic heterocycles. The lowest BCUT2D eigenvalue weighted by Crippen LogP contribution is -1.96. The number of hydrogen-bond acceptors (Lipinski definition) is 3. The SMILES string of the molecule is COC(=O)/C=C/c1ccc(C(=C2Cc3ccccc3C2)c2ccc3[nH]ncc3c2)cc1. The quantitative estimate of drug-likeness (QED) is 0.367. The Morgan fingerprint density at radius 1 is 0.968 bits per heavy atom. The van der Waals surface area contributed by atoms with Crippen LogP contribution in [0.15, 0.2) is 84.6 Å². The zero-order valence-electron chi connectivity index (χ0n) is 17.3. The number of hydrogen-bond donors (Lipinski definition) is 1. The minimum absolute atomic E-state index is 0.357. The Bertz CT molecular complexity index is 1300. The average molecular weight is 406 g/mol. The summed E-state index contributed by atoms with van der Waals surface area (Å²) in [6.07, 6.45) is 6.99. The van der Waals surface area contributed by atoms with Crippen LogP contribution in [-0.2, 0) is 22.4 Å². The average Bonchev–Trinajstić information content (AvgIpc) is 3.45. The van der Waals surface area contributed by atoms with Gasteiger partial charge in [0.2, 0.25) is 0 Å². The van der Waals surface area contributed by atoms with E-state index in [9.17, 15) is 4.79 Å². The van der Waals surface area contributed by atoms with Crippen LogP contribution in [-0.4, -0.2) is 23.3 Å². The number of methoxy groups -OCH3 is 1. The monoisotopic (exact) mass is 406 g/mol.